The minimum atomic E-state index is 0.706. The van der Waals surface area contributed by atoms with E-state index in [4.69, 9.17) is 9.47 Å². The van der Waals surface area contributed by atoms with Gasteiger partial charge >= 0.3 is 0 Å². The first-order valence-corrected chi connectivity index (χ1v) is 6.56. The van der Waals surface area contributed by atoms with Crippen molar-refractivity contribution < 1.29 is 9.47 Å². The molecule has 0 saturated heterocycles. The normalized spacial score (nSPS) is 11.0. The Morgan fingerprint density at radius 1 is 1.17 bits per heavy atom. The monoisotopic (exact) mass is 247 g/mol. The van der Waals surface area contributed by atoms with E-state index in [9.17, 15) is 0 Å². The van der Waals surface area contributed by atoms with E-state index < -0.39 is 0 Å². The first-order valence-electron chi connectivity index (χ1n) is 6.56. The average molecular weight is 247 g/mol. The smallest absolute Gasteiger partial charge is 0.128 e. The molecule has 0 bridgehead atoms. The van der Waals surface area contributed by atoms with Crippen LogP contribution in [-0.2, 0) is 11.3 Å². The summed E-state index contributed by atoms with van der Waals surface area (Å²) in [5, 5.41) is 1.20. The van der Waals surface area contributed by atoms with Crippen molar-refractivity contribution in [1.29, 1.82) is 0 Å². The fraction of sp³-hybridized carbons (Fsp3) is 0.467. The Morgan fingerprint density at radius 2 is 2.06 bits per heavy atom. The van der Waals surface area contributed by atoms with Crippen LogP contribution in [0.15, 0.2) is 30.5 Å². The van der Waals surface area contributed by atoms with E-state index in [0.717, 1.165) is 31.7 Å². The molecule has 0 aliphatic rings. The molecular formula is C15H21NO2. The summed E-state index contributed by atoms with van der Waals surface area (Å²) in [6.45, 7) is 4.59. The molecule has 0 aliphatic heterocycles. The van der Waals surface area contributed by atoms with E-state index >= 15 is 0 Å². The van der Waals surface area contributed by atoms with Crippen LogP contribution in [0.25, 0.3) is 10.9 Å². The van der Waals surface area contributed by atoms with E-state index in [2.05, 4.69) is 29.0 Å². The number of rotatable bonds is 7. The molecule has 1 aromatic carbocycles. The molecule has 0 radical (unpaired) electrons. The van der Waals surface area contributed by atoms with Gasteiger partial charge in [-0.05, 0) is 38.0 Å². The molecule has 3 heteroatoms. The Morgan fingerprint density at radius 3 is 2.83 bits per heavy atom. The molecule has 0 unspecified atom stereocenters. The maximum atomic E-state index is 5.64. The Bertz CT molecular complexity index is 490. The second kappa shape index (κ2) is 6.45. The number of hydrogen-bond donors (Lipinski definition) is 0. The molecule has 2 aromatic rings. The maximum absolute atomic E-state index is 5.64. The highest BCUT2D eigenvalue weighted by atomic mass is 16.5. The molecule has 0 spiro atoms. The van der Waals surface area contributed by atoms with Crippen LogP contribution in [0.5, 0.6) is 5.75 Å². The lowest BCUT2D eigenvalue weighted by Crippen LogP contribution is -1.98. The third-order valence-electron chi connectivity index (χ3n) is 3.07. The second-order valence-corrected chi connectivity index (χ2v) is 4.33. The molecule has 18 heavy (non-hydrogen) atoms. The Hall–Kier alpha value is -1.48. The molecule has 98 valence electrons. The van der Waals surface area contributed by atoms with E-state index in [1.807, 2.05) is 13.0 Å². The molecule has 0 saturated carbocycles. The number of fused-ring (bicyclic) bond motifs is 1. The van der Waals surface area contributed by atoms with Gasteiger partial charge in [0.2, 0.25) is 0 Å². The van der Waals surface area contributed by atoms with Gasteiger partial charge in [-0.2, -0.15) is 0 Å². The van der Waals surface area contributed by atoms with Gasteiger partial charge in [-0.15, -0.1) is 0 Å². The van der Waals surface area contributed by atoms with Crippen molar-refractivity contribution in [2.75, 3.05) is 20.3 Å². The molecule has 3 nitrogen and oxygen atoms in total. The summed E-state index contributed by atoms with van der Waals surface area (Å²) in [7, 11) is 1.75. The zero-order chi connectivity index (χ0) is 12.8. The van der Waals surface area contributed by atoms with Gasteiger partial charge in [0.25, 0.3) is 0 Å². The predicted octanol–water partition coefficient (Wildman–Crippen LogP) is 3.47. The molecule has 1 aromatic heterocycles. The third-order valence-corrected chi connectivity index (χ3v) is 3.07. The number of ether oxygens (including phenoxy) is 2. The van der Waals surface area contributed by atoms with Crippen molar-refractivity contribution >= 4 is 10.9 Å². The predicted molar refractivity (Wildman–Crippen MR) is 74.2 cm³/mol. The Labute approximate surface area is 108 Å². The Balaban J connectivity index is 2.12. The van der Waals surface area contributed by atoms with Crippen molar-refractivity contribution in [3.05, 3.63) is 30.5 Å². The quantitative estimate of drug-likeness (QED) is 0.699. The average Bonchev–Trinajstić information content (AvgIpc) is 2.80. The topological polar surface area (TPSA) is 23.4 Å². The summed E-state index contributed by atoms with van der Waals surface area (Å²) in [4.78, 5) is 0. The van der Waals surface area contributed by atoms with Crippen molar-refractivity contribution in [2.45, 2.75) is 26.3 Å². The van der Waals surface area contributed by atoms with Crippen molar-refractivity contribution in [1.82, 2.24) is 4.57 Å². The molecular weight excluding hydrogens is 226 g/mol. The lowest BCUT2D eigenvalue weighted by Gasteiger charge is -2.07. The van der Waals surface area contributed by atoms with Crippen LogP contribution >= 0.6 is 0 Å². The largest absolute Gasteiger partial charge is 0.493 e. The van der Waals surface area contributed by atoms with Gasteiger partial charge in [0, 0.05) is 31.8 Å². The highest BCUT2D eigenvalue weighted by Gasteiger charge is 2.05. The van der Waals surface area contributed by atoms with E-state index in [-0.39, 0.29) is 0 Å². The van der Waals surface area contributed by atoms with Gasteiger partial charge in [0.05, 0.1) is 12.1 Å². The van der Waals surface area contributed by atoms with Gasteiger partial charge in [-0.1, -0.05) is 6.07 Å². The highest BCUT2D eigenvalue weighted by molar-refractivity contribution is 5.86. The van der Waals surface area contributed by atoms with Gasteiger partial charge in [-0.3, -0.25) is 0 Å². The molecule has 0 atom stereocenters. The highest BCUT2D eigenvalue weighted by Crippen LogP contribution is 2.26. The Kier molecular flexibility index (Phi) is 4.65. The zero-order valence-corrected chi connectivity index (χ0v) is 11.2. The molecule has 2 rings (SSSR count). The van der Waals surface area contributed by atoms with E-state index in [0.29, 0.717) is 6.61 Å². The minimum absolute atomic E-state index is 0.706. The van der Waals surface area contributed by atoms with Crippen LogP contribution in [0, 0.1) is 0 Å². The van der Waals surface area contributed by atoms with Crippen LogP contribution in [0.2, 0.25) is 0 Å². The van der Waals surface area contributed by atoms with Gasteiger partial charge < -0.3 is 14.0 Å². The van der Waals surface area contributed by atoms with Crippen molar-refractivity contribution in [3.63, 3.8) is 0 Å². The summed E-state index contributed by atoms with van der Waals surface area (Å²) in [5.41, 5.74) is 1.25. The fourth-order valence-corrected chi connectivity index (χ4v) is 2.20. The fourth-order valence-electron chi connectivity index (χ4n) is 2.20. The SMILES string of the molecule is CCOc1cccc2c1ccn2CCCCOC. The number of aryl methyl sites for hydroxylation is 1. The summed E-state index contributed by atoms with van der Waals surface area (Å²) in [6.07, 6.45) is 4.37. The van der Waals surface area contributed by atoms with Crippen LogP contribution < -0.4 is 4.74 Å². The third kappa shape index (κ3) is 2.85. The number of nitrogens with zero attached hydrogens (tertiary/aromatic N) is 1. The number of aromatic nitrogens is 1. The van der Waals surface area contributed by atoms with Crippen LogP contribution in [0.3, 0.4) is 0 Å². The summed E-state index contributed by atoms with van der Waals surface area (Å²) in [5.74, 6) is 0.977. The summed E-state index contributed by atoms with van der Waals surface area (Å²) in [6, 6.07) is 8.37. The van der Waals surface area contributed by atoms with Gasteiger partial charge in [0.1, 0.15) is 5.75 Å². The van der Waals surface area contributed by atoms with E-state index in [1.54, 1.807) is 7.11 Å². The number of hydrogen-bond acceptors (Lipinski definition) is 2. The first kappa shape index (κ1) is 13.0. The van der Waals surface area contributed by atoms with Gasteiger partial charge in [0.15, 0.2) is 0 Å². The summed E-state index contributed by atoms with van der Waals surface area (Å²) < 4.78 is 13.0. The first-order chi connectivity index (χ1) is 8.86. The molecule has 0 aliphatic carbocycles. The number of unbranched alkanes of at least 4 members (excludes halogenated alkanes) is 1. The van der Waals surface area contributed by atoms with Crippen molar-refractivity contribution in [3.8, 4) is 5.75 Å². The van der Waals surface area contributed by atoms with Crippen molar-refractivity contribution in [2.24, 2.45) is 0 Å². The number of benzene rings is 1. The number of methoxy groups -OCH3 is 1. The van der Waals surface area contributed by atoms with Crippen LogP contribution in [0.4, 0.5) is 0 Å². The zero-order valence-electron chi connectivity index (χ0n) is 11.2. The molecule has 1 heterocycles. The van der Waals surface area contributed by atoms with E-state index in [1.165, 1.54) is 10.9 Å². The van der Waals surface area contributed by atoms with Crippen LogP contribution in [-0.4, -0.2) is 24.9 Å². The molecule has 0 amide bonds. The molecule has 0 fully saturated rings. The standard InChI is InChI=1S/C15H21NO2/c1-3-18-15-8-6-7-14-13(15)9-11-16(14)10-4-5-12-17-2/h6-9,11H,3-5,10,12H2,1-2H3. The second-order valence-electron chi connectivity index (χ2n) is 4.33. The van der Waals surface area contributed by atoms with Gasteiger partial charge in [-0.25, -0.2) is 0 Å². The lowest BCUT2D eigenvalue weighted by atomic mass is 10.2. The molecule has 0 N–H and O–H groups in total. The minimum Gasteiger partial charge on any atom is -0.493 e. The van der Waals surface area contributed by atoms with Crippen LogP contribution in [0.1, 0.15) is 19.8 Å². The lowest BCUT2D eigenvalue weighted by molar-refractivity contribution is 0.191. The maximum Gasteiger partial charge on any atom is 0.128 e. The summed E-state index contributed by atoms with van der Waals surface area (Å²) >= 11 is 0.